The van der Waals surface area contributed by atoms with Crippen molar-refractivity contribution in [2.24, 2.45) is 0 Å². The Balaban J connectivity index is 2.39. The van der Waals surface area contributed by atoms with Gasteiger partial charge in [-0.3, -0.25) is 15.0 Å². The summed E-state index contributed by atoms with van der Waals surface area (Å²) in [4.78, 5) is 11.8. The minimum atomic E-state index is -4.61. The monoisotopic (exact) mass is 303 g/mol. The van der Waals surface area contributed by atoms with Crippen LogP contribution in [0, 0.1) is 10.1 Å². The molecule has 1 aromatic carbocycles. The van der Waals surface area contributed by atoms with Crippen LogP contribution in [-0.2, 0) is 6.18 Å². The zero-order chi connectivity index (χ0) is 15.6. The molecule has 21 heavy (non-hydrogen) atoms. The van der Waals surface area contributed by atoms with Crippen molar-refractivity contribution in [2.45, 2.75) is 19.1 Å². The van der Waals surface area contributed by atoms with Gasteiger partial charge in [0.05, 0.1) is 10.5 Å². The van der Waals surface area contributed by atoms with E-state index in [-0.39, 0.29) is 5.56 Å². The Bertz CT molecular complexity index is 528. The first-order chi connectivity index (χ1) is 9.80. The van der Waals surface area contributed by atoms with Crippen LogP contribution >= 0.6 is 0 Å². The Morgan fingerprint density at radius 3 is 2.48 bits per heavy atom. The molecular formula is C13H16F3N3O2. The van der Waals surface area contributed by atoms with E-state index >= 15 is 0 Å². The molecule has 1 aliphatic rings. The maximum atomic E-state index is 13.2. The summed E-state index contributed by atoms with van der Waals surface area (Å²) in [6.45, 7) is 4.43. The lowest BCUT2D eigenvalue weighted by Gasteiger charge is -2.34. The number of hydrogen-bond donors (Lipinski definition) is 1. The van der Waals surface area contributed by atoms with Crippen molar-refractivity contribution in [3.63, 3.8) is 0 Å². The van der Waals surface area contributed by atoms with Crippen LogP contribution < -0.4 is 5.32 Å². The quantitative estimate of drug-likeness (QED) is 0.689. The molecule has 116 valence electrons. The van der Waals surface area contributed by atoms with Crippen LogP contribution in [0.15, 0.2) is 18.2 Å². The molecule has 1 saturated heterocycles. The molecule has 0 aromatic heterocycles. The SMILES string of the molecule is CC(c1ccc([N+](=O)[O-])cc1C(F)(F)F)N1CCNCC1. The van der Waals surface area contributed by atoms with Gasteiger partial charge in [0.25, 0.3) is 5.69 Å². The van der Waals surface area contributed by atoms with E-state index in [1.54, 1.807) is 6.92 Å². The van der Waals surface area contributed by atoms with Crippen LogP contribution in [0.5, 0.6) is 0 Å². The maximum Gasteiger partial charge on any atom is 0.416 e. The highest BCUT2D eigenvalue weighted by molar-refractivity contribution is 5.42. The topological polar surface area (TPSA) is 58.4 Å². The lowest BCUT2D eigenvalue weighted by atomic mass is 9.98. The summed E-state index contributed by atoms with van der Waals surface area (Å²) >= 11 is 0. The molecule has 1 N–H and O–H groups in total. The molecule has 0 spiro atoms. The molecule has 1 aromatic rings. The maximum absolute atomic E-state index is 13.2. The fourth-order valence-corrected chi connectivity index (χ4v) is 2.53. The Labute approximate surface area is 119 Å². The molecular weight excluding hydrogens is 287 g/mol. The summed E-state index contributed by atoms with van der Waals surface area (Å²) in [6.07, 6.45) is -4.61. The fraction of sp³-hybridized carbons (Fsp3) is 0.538. The van der Waals surface area contributed by atoms with Crippen molar-refractivity contribution >= 4 is 5.69 Å². The van der Waals surface area contributed by atoms with Crippen molar-refractivity contribution in [2.75, 3.05) is 26.2 Å². The number of halogens is 3. The summed E-state index contributed by atoms with van der Waals surface area (Å²) in [5.74, 6) is 0. The summed E-state index contributed by atoms with van der Waals surface area (Å²) in [7, 11) is 0. The first-order valence-electron chi connectivity index (χ1n) is 6.61. The highest BCUT2D eigenvalue weighted by atomic mass is 19.4. The van der Waals surface area contributed by atoms with Gasteiger partial charge < -0.3 is 5.32 Å². The molecule has 0 radical (unpaired) electrons. The van der Waals surface area contributed by atoms with E-state index in [9.17, 15) is 23.3 Å². The Morgan fingerprint density at radius 1 is 1.33 bits per heavy atom. The number of non-ortho nitro benzene ring substituents is 1. The van der Waals surface area contributed by atoms with Gasteiger partial charge in [-0.05, 0) is 12.5 Å². The lowest BCUT2D eigenvalue weighted by Crippen LogP contribution is -2.44. The number of alkyl halides is 3. The Hall–Kier alpha value is -1.67. The average molecular weight is 303 g/mol. The molecule has 1 fully saturated rings. The summed E-state index contributed by atoms with van der Waals surface area (Å²) < 4.78 is 39.5. The van der Waals surface area contributed by atoms with Crippen LogP contribution in [0.25, 0.3) is 0 Å². The van der Waals surface area contributed by atoms with E-state index in [0.717, 1.165) is 19.2 Å². The number of nitrogens with zero attached hydrogens (tertiary/aromatic N) is 2. The Kier molecular flexibility index (Phi) is 4.48. The minimum Gasteiger partial charge on any atom is -0.314 e. The molecule has 0 aliphatic carbocycles. The first kappa shape index (κ1) is 15.7. The zero-order valence-corrected chi connectivity index (χ0v) is 11.5. The minimum absolute atomic E-state index is 0.0787. The van der Waals surface area contributed by atoms with Gasteiger partial charge in [0.2, 0.25) is 0 Å². The summed E-state index contributed by atoms with van der Waals surface area (Å²) in [5.41, 5.74) is -1.39. The number of nitrogens with one attached hydrogen (secondary N) is 1. The van der Waals surface area contributed by atoms with E-state index in [1.165, 1.54) is 6.07 Å². The van der Waals surface area contributed by atoms with E-state index in [4.69, 9.17) is 0 Å². The molecule has 1 heterocycles. The van der Waals surface area contributed by atoms with Crippen molar-refractivity contribution < 1.29 is 18.1 Å². The highest BCUT2D eigenvalue weighted by Crippen LogP contribution is 2.38. The van der Waals surface area contributed by atoms with Crippen molar-refractivity contribution in [1.29, 1.82) is 0 Å². The number of nitro groups is 1. The molecule has 0 bridgehead atoms. The van der Waals surface area contributed by atoms with Crippen LogP contribution in [-0.4, -0.2) is 36.0 Å². The van der Waals surface area contributed by atoms with Gasteiger partial charge in [0, 0.05) is 44.4 Å². The first-order valence-corrected chi connectivity index (χ1v) is 6.61. The third kappa shape index (κ3) is 3.51. The molecule has 5 nitrogen and oxygen atoms in total. The van der Waals surface area contributed by atoms with E-state index < -0.39 is 28.4 Å². The van der Waals surface area contributed by atoms with Gasteiger partial charge in [-0.15, -0.1) is 0 Å². The summed E-state index contributed by atoms with van der Waals surface area (Å²) in [5, 5.41) is 13.8. The molecule has 1 unspecified atom stereocenters. The van der Waals surface area contributed by atoms with Crippen molar-refractivity contribution in [3.05, 3.63) is 39.4 Å². The zero-order valence-electron chi connectivity index (χ0n) is 11.5. The van der Waals surface area contributed by atoms with Crippen LogP contribution in [0.2, 0.25) is 0 Å². The van der Waals surface area contributed by atoms with Gasteiger partial charge in [0.1, 0.15) is 0 Å². The number of piperazine rings is 1. The molecule has 0 saturated carbocycles. The largest absolute Gasteiger partial charge is 0.416 e. The normalized spacial score (nSPS) is 18.5. The van der Waals surface area contributed by atoms with Crippen molar-refractivity contribution in [1.82, 2.24) is 10.2 Å². The lowest BCUT2D eigenvalue weighted by molar-refractivity contribution is -0.385. The molecule has 2 rings (SSSR count). The molecule has 1 atom stereocenters. The third-order valence-corrected chi connectivity index (χ3v) is 3.70. The third-order valence-electron chi connectivity index (χ3n) is 3.70. The Morgan fingerprint density at radius 2 is 1.95 bits per heavy atom. The second kappa shape index (κ2) is 5.98. The molecule has 0 amide bonds. The van der Waals surface area contributed by atoms with Gasteiger partial charge in [-0.2, -0.15) is 13.2 Å². The predicted molar refractivity (Wildman–Crippen MR) is 71.0 cm³/mol. The number of nitro benzene ring substituents is 1. The standard InChI is InChI=1S/C13H16F3N3O2/c1-9(18-6-4-17-5-7-18)11-3-2-10(19(20)21)8-12(11)13(14,15)16/h2-3,8-9,17H,4-7H2,1H3. The second-order valence-corrected chi connectivity index (χ2v) is 4.99. The second-order valence-electron chi connectivity index (χ2n) is 4.99. The molecule has 1 aliphatic heterocycles. The van der Waals surface area contributed by atoms with Crippen LogP contribution in [0.4, 0.5) is 18.9 Å². The number of benzene rings is 1. The van der Waals surface area contributed by atoms with Crippen molar-refractivity contribution in [3.8, 4) is 0 Å². The van der Waals surface area contributed by atoms with E-state index in [2.05, 4.69) is 5.32 Å². The van der Waals surface area contributed by atoms with Crippen LogP contribution in [0.1, 0.15) is 24.1 Å². The number of rotatable bonds is 3. The number of hydrogen-bond acceptors (Lipinski definition) is 4. The van der Waals surface area contributed by atoms with E-state index in [0.29, 0.717) is 19.2 Å². The fourth-order valence-electron chi connectivity index (χ4n) is 2.53. The van der Waals surface area contributed by atoms with Gasteiger partial charge in [-0.1, -0.05) is 6.07 Å². The smallest absolute Gasteiger partial charge is 0.314 e. The van der Waals surface area contributed by atoms with Crippen LogP contribution in [0.3, 0.4) is 0 Å². The van der Waals surface area contributed by atoms with Gasteiger partial charge in [0.15, 0.2) is 0 Å². The average Bonchev–Trinajstić information content (AvgIpc) is 2.46. The van der Waals surface area contributed by atoms with Gasteiger partial charge >= 0.3 is 6.18 Å². The summed E-state index contributed by atoms with van der Waals surface area (Å²) in [6, 6.07) is 2.52. The molecule has 8 heteroatoms. The van der Waals surface area contributed by atoms with Gasteiger partial charge in [-0.25, -0.2) is 0 Å². The highest BCUT2D eigenvalue weighted by Gasteiger charge is 2.37. The van der Waals surface area contributed by atoms with E-state index in [1.807, 2.05) is 4.90 Å². The predicted octanol–water partition coefficient (Wildman–Crippen LogP) is 2.58.